The molecule has 1 aliphatic carbocycles. The predicted octanol–water partition coefficient (Wildman–Crippen LogP) is 2.33. The van der Waals surface area contributed by atoms with Gasteiger partial charge < -0.3 is 30.8 Å². The van der Waals surface area contributed by atoms with E-state index in [4.69, 9.17) is 21.8 Å². The summed E-state index contributed by atoms with van der Waals surface area (Å²) in [5, 5.41) is 34.0. The molecule has 31 heavy (non-hydrogen) atoms. The van der Waals surface area contributed by atoms with Crippen LogP contribution in [0, 0.1) is 12.8 Å². The molecule has 3 aromatic heterocycles. The van der Waals surface area contributed by atoms with Gasteiger partial charge in [0.25, 0.3) is 0 Å². The average molecular weight is 470 g/mol. The van der Waals surface area contributed by atoms with Crippen LogP contribution >= 0.6 is 24.0 Å². The maximum atomic E-state index is 10.4. The molecule has 1 aliphatic rings. The zero-order chi connectivity index (χ0) is 21.6. The van der Waals surface area contributed by atoms with E-state index in [0.29, 0.717) is 29.7 Å². The van der Waals surface area contributed by atoms with Gasteiger partial charge in [-0.15, -0.1) is 12.4 Å². The van der Waals surface area contributed by atoms with Crippen molar-refractivity contribution >= 4 is 46.7 Å². The van der Waals surface area contributed by atoms with Crippen LogP contribution in [-0.2, 0) is 6.42 Å². The van der Waals surface area contributed by atoms with Gasteiger partial charge in [0.05, 0.1) is 23.4 Å². The molecule has 0 radical (unpaired) electrons. The van der Waals surface area contributed by atoms with Crippen LogP contribution in [0.4, 0.5) is 11.8 Å². The zero-order valence-corrected chi connectivity index (χ0v) is 18.6. The summed E-state index contributed by atoms with van der Waals surface area (Å²) in [5.74, 6) is 0.235. The second-order valence-corrected chi connectivity index (χ2v) is 7.96. The smallest absolute Gasteiger partial charge is 0.223 e. The Bertz CT molecular complexity index is 1090. The SMILES string of the molecule is CCc1nc(C)cc2cc(-c3c(Cl)nc(N)nc3N[C@@H]3C[C@H](CO)[C@@H](O)[C@H]3O)oc12.Cl. The molecule has 1 fully saturated rings. The minimum Gasteiger partial charge on any atom is -0.454 e. The second-order valence-electron chi connectivity index (χ2n) is 7.60. The third-order valence-corrected chi connectivity index (χ3v) is 5.79. The molecule has 0 aromatic carbocycles. The number of hydrogen-bond donors (Lipinski definition) is 5. The monoisotopic (exact) mass is 469 g/mol. The van der Waals surface area contributed by atoms with Crippen molar-refractivity contribution in [3.05, 3.63) is 28.7 Å². The number of anilines is 2. The Hall–Kier alpha value is -2.17. The number of hydrogen-bond acceptors (Lipinski definition) is 9. The Morgan fingerprint density at radius 3 is 2.61 bits per heavy atom. The van der Waals surface area contributed by atoms with Gasteiger partial charge in [-0.1, -0.05) is 18.5 Å². The van der Waals surface area contributed by atoms with Crippen LogP contribution in [0.1, 0.15) is 24.7 Å². The number of aryl methyl sites for hydroxylation is 2. The summed E-state index contributed by atoms with van der Waals surface area (Å²) in [4.78, 5) is 12.8. The molecule has 0 saturated heterocycles. The highest BCUT2D eigenvalue weighted by Gasteiger charge is 2.41. The average Bonchev–Trinajstić information content (AvgIpc) is 3.22. The van der Waals surface area contributed by atoms with Crippen LogP contribution in [-0.4, -0.2) is 55.1 Å². The van der Waals surface area contributed by atoms with Crippen molar-refractivity contribution in [3.8, 4) is 11.3 Å². The first-order chi connectivity index (χ1) is 14.3. The van der Waals surface area contributed by atoms with Crippen LogP contribution in [0.3, 0.4) is 0 Å². The Morgan fingerprint density at radius 2 is 1.97 bits per heavy atom. The molecule has 0 spiro atoms. The van der Waals surface area contributed by atoms with E-state index in [-0.39, 0.29) is 35.9 Å². The quantitative estimate of drug-likeness (QED) is 0.354. The number of furan rings is 1. The van der Waals surface area contributed by atoms with Crippen molar-refractivity contribution in [3.63, 3.8) is 0 Å². The third kappa shape index (κ3) is 4.28. The Labute approximate surface area is 190 Å². The molecule has 0 unspecified atom stereocenters. The van der Waals surface area contributed by atoms with Gasteiger partial charge in [-0.25, -0.2) is 4.98 Å². The first-order valence-electron chi connectivity index (χ1n) is 9.79. The highest BCUT2D eigenvalue weighted by molar-refractivity contribution is 6.32. The highest BCUT2D eigenvalue weighted by Crippen LogP contribution is 2.39. The molecule has 11 heteroatoms. The molecule has 168 valence electrons. The maximum absolute atomic E-state index is 10.4. The third-order valence-electron chi connectivity index (χ3n) is 5.52. The lowest BCUT2D eigenvalue weighted by Gasteiger charge is -2.20. The molecule has 3 aromatic rings. The maximum Gasteiger partial charge on any atom is 0.223 e. The summed E-state index contributed by atoms with van der Waals surface area (Å²) >= 11 is 6.41. The molecule has 9 nitrogen and oxygen atoms in total. The van der Waals surface area contributed by atoms with E-state index in [1.807, 2.05) is 26.0 Å². The van der Waals surface area contributed by atoms with Crippen LogP contribution in [0.25, 0.3) is 22.3 Å². The summed E-state index contributed by atoms with van der Waals surface area (Å²) in [6, 6.07) is 3.20. The normalized spacial score (nSPS) is 23.2. The summed E-state index contributed by atoms with van der Waals surface area (Å²) in [5.41, 5.74) is 8.57. The standard InChI is InChI=1S/C20H24ClN5O4.ClH/c1-3-11-17-9(4-8(2)23-11)6-13(30-17)14-18(21)25-20(22)26-19(14)24-12-5-10(7-27)15(28)16(12)29;/h4,6,10,12,15-16,27-29H,3,5,7H2,1-2H3,(H3,22,24,25,26);1H/t10-,12-,15-,16+;/m1./s1. The lowest BCUT2D eigenvalue weighted by Crippen LogP contribution is -2.35. The molecule has 6 N–H and O–H groups in total. The summed E-state index contributed by atoms with van der Waals surface area (Å²) in [6.07, 6.45) is -1.07. The molecule has 0 amide bonds. The number of halogens is 2. The van der Waals surface area contributed by atoms with E-state index >= 15 is 0 Å². The van der Waals surface area contributed by atoms with Crippen LogP contribution in [0.15, 0.2) is 16.5 Å². The molecule has 0 bridgehead atoms. The number of nitrogens with zero attached hydrogens (tertiary/aromatic N) is 3. The van der Waals surface area contributed by atoms with Gasteiger partial charge in [0.1, 0.15) is 22.8 Å². The lowest BCUT2D eigenvalue weighted by molar-refractivity contribution is 0.00446. The Balaban J connectivity index is 0.00000272. The number of aromatic nitrogens is 3. The van der Waals surface area contributed by atoms with Crippen LogP contribution in [0.2, 0.25) is 5.15 Å². The van der Waals surface area contributed by atoms with Gasteiger partial charge in [-0.05, 0) is 31.9 Å². The van der Waals surface area contributed by atoms with Gasteiger partial charge >= 0.3 is 0 Å². The molecular formula is C20H25Cl2N5O4. The molecular weight excluding hydrogens is 445 g/mol. The highest BCUT2D eigenvalue weighted by atomic mass is 35.5. The predicted molar refractivity (Wildman–Crippen MR) is 120 cm³/mol. The van der Waals surface area contributed by atoms with Crippen LogP contribution in [0.5, 0.6) is 0 Å². The number of aliphatic hydroxyl groups excluding tert-OH is 3. The largest absolute Gasteiger partial charge is 0.454 e. The Morgan fingerprint density at radius 1 is 1.23 bits per heavy atom. The fourth-order valence-electron chi connectivity index (χ4n) is 4.02. The van der Waals surface area contributed by atoms with Crippen molar-refractivity contribution in [2.75, 3.05) is 17.7 Å². The lowest BCUT2D eigenvalue weighted by atomic mass is 10.1. The van der Waals surface area contributed by atoms with Gasteiger partial charge in [-0.3, -0.25) is 4.98 Å². The van der Waals surface area contributed by atoms with Crippen molar-refractivity contribution in [2.45, 2.75) is 44.9 Å². The zero-order valence-electron chi connectivity index (χ0n) is 17.0. The van der Waals surface area contributed by atoms with Gasteiger partial charge in [0, 0.05) is 23.6 Å². The number of aliphatic hydroxyl groups is 3. The van der Waals surface area contributed by atoms with E-state index in [0.717, 1.165) is 16.8 Å². The summed E-state index contributed by atoms with van der Waals surface area (Å²) in [6.45, 7) is 3.69. The topological polar surface area (TPSA) is 151 Å². The molecule has 0 aliphatic heterocycles. The van der Waals surface area contributed by atoms with E-state index in [1.165, 1.54) is 0 Å². The van der Waals surface area contributed by atoms with Crippen molar-refractivity contribution in [2.24, 2.45) is 5.92 Å². The number of pyridine rings is 1. The first kappa shape index (κ1) is 23.5. The second kappa shape index (κ2) is 9.13. The van der Waals surface area contributed by atoms with Crippen LogP contribution < -0.4 is 11.1 Å². The molecule has 3 heterocycles. The summed E-state index contributed by atoms with van der Waals surface area (Å²) in [7, 11) is 0. The number of nitrogens with one attached hydrogen (secondary N) is 1. The number of nitrogen functional groups attached to an aromatic ring is 1. The fourth-order valence-corrected chi connectivity index (χ4v) is 4.29. The number of fused-ring (bicyclic) bond motifs is 1. The van der Waals surface area contributed by atoms with Gasteiger partial charge in [-0.2, -0.15) is 4.98 Å². The van der Waals surface area contributed by atoms with E-state index in [9.17, 15) is 15.3 Å². The van der Waals surface area contributed by atoms with Crippen molar-refractivity contribution < 1.29 is 19.7 Å². The number of nitrogens with two attached hydrogens (primary N) is 1. The Kier molecular flexibility index (Phi) is 6.92. The minimum absolute atomic E-state index is 0. The van der Waals surface area contributed by atoms with E-state index in [2.05, 4.69) is 20.3 Å². The van der Waals surface area contributed by atoms with Crippen molar-refractivity contribution in [1.82, 2.24) is 15.0 Å². The molecule has 1 saturated carbocycles. The molecule has 4 rings (SSSR count). The van der Waals surface area contributed by atoms with Gasteiger partial charge in [0.2, 0.25) is 5.95 Å². The minimum atomic E-state index is -1.08. The molecule has 4 atom stereocenters. The number of rotatable bonds is 5. The fraction of sp³-hybridized carbons (Fsp3) is 0.450. The summed E-state index contributed by atoms with van der Waals surface area (Å²) < 4.78 is 6.09. The van der Waals surface area contributed by atoms with E-state index in [1.54, 1.807) is 0 Å². The van der Waals surface area contributed by atoms with Crippen molar-refractivity contribution in [1.29, 1.82) is 0 Å². The van der Waals surface area contributed by atoms with Gasteiger partial charge in [0.15, 0.2) is 5.58 Å². The first-order valence-corrected chi connectivity index (χ1v) is 10.2. The van der Waals surface area contributed by atoms with E-state index < -0.39 is 24.2 Å².